The molecule has 1 aromatic carbocycles. The van der Waals surface area contributed by atoms with Gasteiger partial charge >= 0.3 is 11.9 Å². The van der Waals surface area contributed by atoms with E-state index in [1.807, 2.05) is 6.92 Å². The Hall–Kier alpha value is -2.05. The smallest absolute Gasteiger partial charge is 0.357 e. The summed E-state index contributed by atoms with van der Waals surface area (Å²) >= 11 is 0. The standard InChI is InChI=1S/C20H27F3N6O.HI/c1-2-24-18(26-14-15-7-9-16(10-8-15)20(21,22)23)25-11-5-13-29-19(30)28-12-4-3-6-17(28)27-29;/h7-10H,2-6,11-14H2,1H3,(H2,24,25,26);1H. The number of aryl methyl sites for hydroxylation is 2. The normalized spacial score (nSPS) is 14.0. The zero-order valence-corrected chi connectivity index (χ0v) is 19.7. The van der Waals surface area contributed by atoms with Crippen LogP contribution < -0.4 is 16.3 Å². The molecule has 0 spiro atoms. The third kappa shape index (κ3) is 6.97. The van der Waals surface area contributed by atoms with E-state index in [0.29, 0.717) is 37.6 Å². The largest absolute Gasteiger partial charge is 0.416 e. The zero-order valence-electron chi connectivity index (χ0n) is 17.4. The van der Waals surface area contributed by atoms with Gasteiger partial charge in [0, 0.05) is 32.6 Å². The minimum absolute atomic E-state index is 0. The third-order valence-corrected chi connectivity index (χ3v) is 4.92. The maximum atomic E-state index is 12.6. The number of fused-ring (bicyclic) bond motifs is 1. The molecule has 0 saturated carbocycles. The molecule has 0 unspecified atom stereocenters. The van der Waals surface area contributed by atoms with Crippen molar-refractivity contribution in [1.29, 1.82) is 0 Å². The fourth-order valence-corrected chi connectivity index (χ4v) is 3.34. The maximum absolute atomic E-state index is 12.6. The number of guanidine groups is 1. The number of aromatic nitrogens is 3. The highest BCUT2D eigenvalue weighted by molar-refractivity contribution is 14.0. The molecule has 2 aromatic rings. The van der Waals surface area contributed by atoms with Crippen molar-refractivity contribution in [2.45, 2.75) is 58.4 Å². The van der Waals surface area contributed by atoms with E-state index < -0.39 is 11.7 Å². The van der Waals surface area contributed by atoms with Gasteiger partial charge in [-0.15, -0.1) is 24.0 Å². The average Bonchev–Trinajstić information content (AvgIpc) is 3.05. The van der Waals surface area contributed by atoms with E-state index >= 15 is 0 Å². The summed E-state index contributed by atoms with van der Waals surface area (Å²) in [5, 5.41) is 10.7. The van der Waals surface area contributed by atoms with Crippen molar-refractivity contribution in [2.24, 2.45) is 4.99 Å². The van der Waals surface area contributed by atoms with Crippen LogP contribution in [0.25, 0.3) is 0 Å². The predicted molar refractivity (Wildman–Crippen MR) is 124 cm³/mol. The Morgan fingerprint density at radius 3 is 2.58 bits per heavy atom. The molecule has 0 radical (unpaired) electrons. The fourth-order valence-electron chi connectivity index (χ4n) is 3.34. The molecule has 0 atom stereocenters. The van der Waals surface area contributed by atoms with Crippen molar-refractivity contribution in [3.63, 3.8) is 0 Å². The Morgan fingerprint density at radius 2 is 1.94 bits per heavy atom. The Morgan fingerprint density at radius 1 is 1.19 bits per heavy atom. The van der Waals surface area contributed by atoms with Crippen molar-refractivity contribution in [1.82, 2.24) is 25.0 Å². The Bertz CT molecular complexity index is 920. The molecule has 7 nitrogen and oxygen atoms in total. The predicted octanol–water partition coefficient (Wildman–Crippen LogP) is 3.16. The molecule has 0 amide bonds. The van der Waals surface area contributed by atoms with Gasteiger partial charge in [-0.05, 0) is 43.9 Å². The molecule has 0 fully saturated rings. The summed E-state index contributed by atoms with van der Waals surface area (Å²) in [7, 11) is 0. The summed E-state index contributed by atoms with van der Waals surface area (Å²) in [4.78, 5) is 16.7. The van der Waals surface area contributed by atoms with Crippen LogP contribution in [-0.2, 0) is 32.2 Å². The van der Waals surface area contributed by atoms with Gasteiger partial charge in [-0.1, -0.05) is 12.1 Å². The Balaban J connectivity index is 0.00000341. The quantitative estimate of drug-likeness (QED) is 0.240. The van der Waals surface area contributed by atoms with Crippen molar-refractivity contribution in [3.05, 3.63) is 51.7 Å². The second kappa shape index (κ2) is 11.5. The highest BCUT2D eigenvalue weighted by Gasteiger charge is 2.29. The van der Waals surface area contributed by atoms with Crippen molar-refractivity contribution in [2.75, 3.05) is 13.1 Å². The molecule has 0 bridgehead atoms. The number of aliphatic imine (C=N–C) groups is 1. The maximum Gasteiger partial charge on any atom is 0.416 e. The van der Waals surface area contributed by atoms with Crippen LogP contribution in [0.4, 0.5) is 13.2 Å². The molecule has 2 heterocycles. The minimum atomic E-state index is -4.34. The van der Waals surface area contributed by atoms with E-state index in [1.54, 1.807) is 4.57 Å². The molecule has 1 aliphatic heterocycles. The number of nitrogens with zero attached hydrogens (tertiary/aromatic N) is 4. The first kappa shape index (κ1) is 25.2. The first-order valence-corrected chi connectivity index (χ1v) is 10.2. The topological polar surface area (TPSA) is 76.2 Å². The lowest BCUT2D eigenvalue weighted by atomic mass is 10.1. The van der Waals surface area contributed by atoms with E-state index in [4.69, 9.17) is 0 Å². The summed E-state index contributed by atoms with van der Waals surface area (Å²) in [5.41, 5.74) is -0.0283. The number of benzene rings is 1. The van der Waals surface area contributed by atoms with Gasteiger partial charge in [-0.3, -0.25) is 4.57 Å². The number of alkyl halides is 3. The average molecular weight is 552 g/mol. The summed E-state index contributed by atoms with van der Waals surface area (Å²) in [6, 6.07) is 4.99. The molecule has 2 N–H and O–H groups in total. The molecule has 1 aliphatic rings. The van der Waals surface area contributed by atoms with Crippen LogP contribution in [0.5, 0.6) is 0 Å². The van der Waals surface area contributed by atoms with Crippen LogP contribution in [0.3, 0.4) is 0 Å². The van der Waals surface area contributed by atoms with Gasteiger partial charge < -0.3 is 10.6 Å². The van der Waals surface area contributed by atoms with E-state index in [1.165, 1.54) is 16.8 Å². The molecule has 172 valence electrons. The summed E-state index contributed by atoms with van der Waals surface area (Å²) in [6.07, 6.45) is -0.710. The SMILES string of the molecule is CCNC(=NCc1ccc(C(F)(F)F)cc1)NCCCn1nc2n(c1=O)CCCC2.I. The molecular formula is C20H28F3IN6O. The Labute approximate surface area is 196 Å². The van der Waals surface area contributed by atoms with Gasteiger partial charge in [0.2, 0.25) is 0 Å². The van der Waals surface area contributed by atoms with Gasteiger partial charge in [0.15, 0.2) is 5.96 Å². The number of hydrogen-bond acceptors (Lipinski definition) is 3. The summed E-state index contributed by atoms with van der Waals surface area (Å²) < 4.78 is 41.2. The lowest BCUT2D eigenvalue weighted by Crippen LogP contribution is -2.38. The van der Waals surface area contributed by atoms with Crippen LogP contribution in [-0.4, -0.2) is 33.4 Å². The van der Waals surface area contributed by atoms with E-state index in [-0.39, 0.29) is 36.2 Å². The van der Waals surface area contributed by atoms with Crippen LogP contribution in [0.2, 0.25) is 0 Å². The highest BCUT2D eigenvalue weighted by Crippen LogP contribution is 2.29. The van der Waals surface area contributed by atoms with Crippen LogP contribution in [0, 0.1) is 0 Å². The lowest BCUT2D eigenvalue weighted by Gasteiger charge is -2.11. The van der Waals surface area contributed by atoms with E-state index in [0.717, 1.165) is 43.8 Å². The number of hydrogen-bond donors (Lipinski definition) is 2. The van der Waals surface area contributed by atoms with E-state index in [2.05, 4.69) is 20.7 Å². The molecule has 11 heteroatoms. The number of rotatable bonds is 7. The van der Waals surface area contributed by atoms with Gasteiger partial charge in [-0.2, -0.15) is 18.3 Å². The van der Waals surface area contributed by atoms with E-state index in [9.17, 15) is 18.0 Å². The molecule has 1 aromatic heterocycles. The lowest BCUT2D eigenvalue weighted by molar-refractivity contribution is -0.137. The molecular weight excluding hydrogens is 524 g/mol. The minimum Gasteiger partial charge on any atom is -0.357 e. The number of nitrogens with one attached hydrogen (secondary N) is 2. The Kier molecular flexibility index (Phi) is 9.38. The van der Waals surface area contributed by atoms with Gasteiger partial charge in [0.25, 0.3) is 0 Å². The second-order valence-corrected chi connectivity index (χ2v) is 7.20. The van der Waals surface area contributed by atoms with Crippen molar-refractivity contribution < 1.29 is 13.2 Å². The van der Waals surface area contributed by atoms with Gasteiger partial charge in [0.05, 0.1) is 12.1 Å². The molecule has 0 saturated heterocycles. The third-order valence-electron chi connectivity index (χ3n) is 4.92. The van der Waals surface area contributed by atoms with Crippen LogP contribution in [0.15, 0.2) is 34.1 Å². The van der Waals surface area contributed by atoms with Crippen LogP contribution >= 0.6 is 24.0 Å². The highest BCUT2D eigenvalue weighted by atomic mass is 127. The monoisotopic (exact) mass is 552 g/mol. The molecule has 0 aliphatic carbocycles. The van der Waals surface area contributed by atoms with Crippen molar-refractivity contribution in [3.8, 4) is 0 Å². The van der Waals surface area contributed by atoms with Crippen molar-refractivity contribution >= 4 is 29.9 Å². The zero-order chi connectivity index (χ0) is 21.6. The first-order valence-electron chi connectivity index (χ1n) is 10.2. The second-order valence-electron chi connectivity index (χ2n) is 7.20. The summed E-state index contributed by atoms with van der Waals surface area (Å²) in [6.45, 7) is 4.71. The first-order chi connectivity index (χ1) is 14.4. The molecule has 3 rings (SSSR count). The molecule has 31 heavy (non-hydrogen) atoms. The van der Waals surface area contributed by atoms with Crippen LogP contribution in [0.1, 0.15) is 43.1 Å². The van der Waals surface area contributed by atoms with Gasteiger partial charge in [0.1, 0.15) is 5.82 Å². The fraction of sp³-hybridized carbons (Fsp3) is 0.550. The summed E-state index contributed by atoms with van der Waals surface area (Å²) in [5.74, 6) is 1.44. The number of halogens is 4. The van der Waals surface area contributed by atoms with Gasteiger partial charge in [-0.25, -0.2) is 14.5 Å².